The van der Waals surface area contributed by atoms with Crippen molar-refractivity contribution in [3.05, 3.63) is 100 Å². The summed E-state index contributed by atoms with van der Waals surface area (Å²) < 4.78 is 27.2. The van der Waals surface area contributed by atoms with Crippen LogP contribution in [0.4, 0.5) is 5.69 Å². The lowest BCUT2D eigenvalue weighted by atomic mass is 10.0. The van der Waals surface area contributed by atoms with Crippen LogP contribution in [0.25, 0.3) is 0 Å². The van der Waals surface area contributed by atoms with Gasteiger partial charge in [-0.15, -0.1) is 0 Å². The third-order valence-corrected chi connectivity index (χ3v) is 7.77. The van der Waals surface area contributed by atoms with Crippen LogP contribution in [-0.2, 0) is 32.6 Å². The second kappa shape index (κ2) is 12.9. The molecule has 1 atom stereocenters. The maximum absolute atomic E-state index is 14.2. The quantitative estimate of drug-likeness (QED) is 0.352. The zero-order valence-corrected chi connectivity index (χ0v) is 25.5. The topological polar surface area (TPSA) is 86.8 Å². The fourth-order valence-electron chi connectivity index (χ4n) is 4.57. The SMILES string of the molecule is Cc1cccc(C)c1N(CC(=O)N(Cc1ccc(Cl)cc1)C(Cc1ccccc1)C(=O)NC(C)(C)C)S(C)(=O)=O. The van der Waals surface area contributed by atoms with E-state index in [0.717, 1.165) is 32.8 Å². The monoisotopic (exact) mass is 583 g/mol. The average Bonchev–Trinajstić information content (AvgIpc) is 2.85. The first-order valence-electron chi connectivity index (χ1n) is 13.1. The molecule has 7 nitrogen and oxygen atoms in total. The van der Waals surface area contributed by atoms with Crippen molar-refractivity contribution in [3.63, 3.8) is 0 Å². The van der Waals surface area contributed by atoms with E-state index in [4.69, 9.17) is 11.6 Å². The summed E-state index contributed by atoms with van der Waals surface area (Å²) >= 11 is 6.10. The van der Waals surface area contributed by atoms with Gasteiger partial charge in [0.2, 0.25) is 21.8 Å². The molecule has 2 amide bonds. The first kappa shape index (κ1) is 31.2. The van der Waals surface area contributed by atoms with Gasteiger partial charge in [0.25, 0.3) is 0 Å². The molecule has 1 unspecified atom stereocenters. The molecule has 0 bridgehead atoms. The molecule has 3 aromatic carbocycles. The first-order chi connectivity index (χ1) is 18.7. The van der Waals surface area contributed by atoms with Gasteiger partial charge in [0.15, 0.2) is 0 Å². The molecule has 0 saturated carbocycles. The van der Waals surface area contributed by atoms with Crippen LogP contribution in [-0.4, -0.2) is 49.5 Å². The second-order valence-electron chi connectivity index (χ2n) is 11.1. The Morgan fingerprint density at radius 3 is 1.98 bits per heavy atom. The number of halogens is 1. The van der Waals surface area contributed by atoms with Crippen molar-refractivity contribution >= 4 is 39.1 Å². The van der Waals surface area contributed by atoms with E-state index in [1.165, 1.54) is 4.90 Å². The van der Waals surface area contributed by atoms with Crippen molar-refractivity contribution in [3.8, 4) is 0 Å². The number of nitrogens with one attached hydrogen (secondary N) is 1. The van der Waals surface area contributed by atoms with Gasteiger partial charge in [0.1, 0.15) is 12.6 Å². The van der Waals surface area contributed by atoms with Gasteiger partial charge in [-0.3, -0.25) is 13.9 Å². The number of hydrogen-bond acceptors (Lipinski definition) is 4. The van der Waals surface area contributed by atoms with Gasteiger partial charge >= 0.3 is 0 Å². The van der Waals surface area contributed by atoms with Gasteiger partial charge in [0, 0.05) is 23.5 Å². The van der Waals surface area contributed by atoms with E-state index in [1.54, 1.807) is 24.3 Å². The third-order valence-electron chi connectivity index (χ3n) is 6.40. The molecule has 0 aliphatic carbocycles. The molecule has 0 heterocycles. The minimum atomic E-state index is -3.84. The summed E-state index contributed by atoms with van der Waals surface area (Å²) in [5.74, 6) is -0.815. The average molecular weight is 584 g/mol. The van der Waals surface area contributed by atoms with E-state index in [2.05, 4.69) is 5.32 Å². The standard InChI is InChI=1S/C31H38ClN3O4S/c1-22-11-10-12-23(2)29(22)35(40(6,38)39)21-28(36)34(20-25-15-17-26(32)18-16-25)27(30(37)33-31(3,4)5)19-24-13-8-7-9-14-24/h7-18,27H,19-21H2,1-6H3,(H,33,37). The van der Waals surface area contributed by atoms with E-state index in [-0.39, 0.29) is 18.9 Å². The fourth-order valence-corrected chi connectivity index (χ4v) is 5.66. The smallest absolute Gasteiger partial charge is 0.244 e. The summed E-state index contributed by atoms with van der Waals surface area (Å²) in [6.45, 7) is 8.89. The Morgan fingerprint density at radius 2 is 1.45 bits per heavy atom. The maximum atomic E-state index is 14.2. The van der Waals surface area contributed by atoms with Crippen LogP contribution < -0.4 is 9.62 Å². The number of para-hydroxylation sites is 1. The Morgan fingerprint density at radius 1 is 0.875 bits per heavy atom. The lowest BCUT2D eigenvalue weighted by Crippen LogP contribution is -2.56. The number of hydrogen-bond donors (Lipinski definition) is 1. The molecule has 0 aromatic heterocycles. The van der Waals surface area contributed by atoms with Crippen LogP contribution in [0.15, 0.2) is 72.8 Å². The maximum Gasteiger partial charge on any atom is 0.244 e. The molecule has 0 aliphatic heterocycles. The predicted octanol–water partition coefficient (Wildman–Crippen LogP) is 5.28. The van der Waals surface area contributed by atoms with Crippen LogP contribution in [0.1, 0.15) is 43.0 Å². The Labute approximate surface area is 243 Å². The Hall–Kier alpha value is -3.36. The summed E-state index contributed by atoms with van der Waals surface area (Å²) in [6.07, 6.45) is 1.34. The molecule has 0 fully saturated rings. The first-order valence-corrected chi connectivity index (χ1v) is 15.3. The summed E-state index contributed by atoms with van der Waals surface area (Å²) in [6, 6.07) is 21.1. The summed E-state index contributed by atoms with van der Waals surface area (Å²) in [4.78, 5) is 29.4. The zero-order valence-electron chi connectivity index (χ0n) is 23.9. The number of carbonyl (C=O) groups is 2. The molecule has 214 valence electrons. The van der Waals surface area contributed by atoms with Crippen LogP contribution in [0.2, 0.25) is 5.02 Å². The van der Waals surface area contributed by atoms with Crippen molar-refractivity contribution in [1.29, 1.82) is 0 Å². The number of anilines is 1. The minimum absolute atomic E-state index is 0.0927. The molecule has 3 rings (SSSR count). The molecule has 1 N–H and O–H groups in total. The molecule has 0 saturated heterocycles. The van der Waals surface area contributed by atoms with Crippen molar-refractivity contribution < 1.29 is 18.0 Å². The van der Waals surface area contributed by atoms with Crippen LogP contribution >= 0.6 is 11.6 Å². The van der Waals surface area contributed by atoms with E-state index in [1.807, 2.05) is 83.1 Å². The summed E-state index contributed by atoms with van der Waals surface area (Å²) in [5.41, 5.74) is 3.02. The van der Waals surface area contributed by atoms with Crippen LogP contribution in [0.3, 0.4) is 0 Å². The molecular weight excluding hydrogens is 546 g/mol. The predicted molar refractivity (Wildman–Crippen MR) is 162 cm³/mol. The molecule has 0 aliphatic rings. The van der Waals surface area contributed by atoms with Gasteiger partial charge in [-0.05, 0) is 69.0 Å². The van der Waals surface area contributed by atoms with Gasteiger partial charge in [-0.2, -0.15) is 0 Å². The molecule has 40 heavy (non-hydrogen) atoms. The number of benzene rings is 3. The minimum Gasteiger partial charge on any atom is -0.350 e. The zero-order chi connectivity index (χ0) is 29.7. The fraction of sp³-hybridized carbons (Fsp3) is 0.355. The Bertz CT molecular complexity index is 1420. The highest BCUT2D eigenvalue weighted by molar-refractivity contribution is 7.92. The highest BCUT2D eigenvalue weighted by atomic mass is 35.5. The lowest BCUT2D eigenvalue weighted by molar-refractivity contribution is -0.140. The Kier molecular flexibility index (Phi) is 10.0. The molecule has 0 radical (unpaired) electrons. The lowest BCUT2D eigenvalue weighted by Gasteiger charge is -2.35. The van der Waals surface area contributed by atoms with Crippen LogP contribution in [0, 0.1) is 13.8 Å². The normalized spacial score (nSPS) is 12.5. The van der Waals surface area contributed by atoms with E-state index >= 15 is 0 Å². The number of nitrogens with zero attached hydrogens (tertiary/aromatic N) is 2. The third kappa shape index (κ3) is 8.57. The van der Waals surface area contributed by atoms with Crippen molar-refractivity contribution in [2.24, 2.45) is 0 Å². The molecule has 3 aromatic rings. The molecule has 9 heteroatoms. The van der Waals surface area contributed by atoms with Crippen molar-refractivity contribution in [1.82, 2.24) is 10.2 Å². The highest BCUT2D eigenvalue weighted by Gasteiger charge is 2.34. The number of carbonyl (C=O) groups excluding carboxylic acids is 2. The number of aryl methyl sites for hydroxylation is 2. The van der Waals surface area contributed by atoms with Gasteiger partial charge in [0.05, 0.1) is 11.9 Å². The largest absolute Gasteiger partial charge is 0.350 e. The number of sulfonamides is 1. The van der Waals surface area contributed by atoms with Crippen molar-refractivity contribution in [2.75, 3.05) is 17.1 Å². The van der Waals surface area contributed by atoms with E-state index in [9.17, 15) is 18.0 Å². The summed E-state index contributed by atoms with van der Waals surface area (Å²) in [7, 11) is -3.84. The van der Waals surface area contributed by atoms with E-state index in [0.29, 0.717) is 10.7 Å². The Balaban J connectivity index is 2.10. The van der Waals surface area contributed by atoms with Crippen LogP contribution in [0.5, 0.6) is 0 Å². The van der Waals surface area contributed by atoms with Gasteiger partial charge in [-0.25, -0.2) is 8.42 Å². The van der Waals surface area contributed by atoms with Gasteiger partial charge < -0.3 is 10.2 Å². The van der Waals surface area contributed by atoms with Crippen molar-refractivity contribution in [2.45, 2.75) is 59.2 Å². The summed E-state index contributed by atoms with van der Waals surface area (Å²) in [5, 5.41) is 3.56. The number of amides is 2. The highest BCUT2D eigenvalue weighted by Crippen LogP contribution is 2.27. The second-order valence-corrected chi connectivity index (χ2v) is 13.4. The number of rotatable bonds is 10. The van der Waals surface area contributed by atoms with Gasteiger partial charge in [-0.1, -0.05) is 72.3 Å². The molecule has 0 spiro atoms. The molecular formula is C31H38ClN3O4S. The van der Waals surface area contributed by atoms with E-state index < -0.39 is 34.1 Å².